The van der Waals surface area contributed by atoms with Gasteiger partial charge in [-0.1, -0.05) is 166 Å². The summed E-state index contributed by atoms with van der Waals surface area (Å²) < 4.78 is 19.4. The van der Waals surface area contributed by atoms with Crippen LogP contribution in [0.15, 0.2) is 24.3 Å². The van der Waals surface area contributed by atoms with Gasteiger partial charge in [0, 0.05) is 26.3 Å². The quantitative estimate of drug-likeness (QED) is 0.0279. The molecule has 0 aromatic heterocycles. The molecule has 1 atom stereocenters. The summed E-state index contributed by atoms with van der Waals surface area (Å²) in [5, 5.41) is 18.4. The highest BCUT2D eigenvalue weighted by Gasteiger charge is 2.29. The smallest absolute Gasteiger partial charge is 0.333 e. The van der Waals surface area contributed by atoms with Crippen molar-refractivity contribution in [1.29, 1.82) is 0 Å². The van der Waals surface area contributed by atoms with Crippen LogP contribution < -0.4 is 0 Å². The van der Waals surface area contributed by atoms with Gasteiger partial charge in [-0.25, -0.2) is 0 Å². The number of allylic oxidation sites excluding steroid dienone is 4. The summed E-state index contributed by atoms with van der Waals surface area (Å²) in [7, 11) is -2.29. The van der Waals surface area contributed by atoms with Crippen molar-refractivity contribution in [3.63, 3.8) is 0 Å². The van der Waals surface area contributed by atoms with Crippen molar-refractivity contribution in [2.24, 2.45) is 5.92 Å². The molecule has 0 aliphatic heterocycles. The van der Waals surface area contributed by atoms with E-state index >= 15 is 0 Å². The predicted molar refractivity (Wildman–Crippen MR) is 235 cm³/mol. The third kappa shape index (κ3) is 34.7. The molecular weight excluding hydrogens is 687 g/mol. The highest BCUT2D eigenvalue weighted by atomic mass is 28.4. The maximum Gasteiger partial charge on any atom is 0.333 e. The molecule has 1 fully saturated rings. The van der Waals surface area contributed by atoms with Crippen LogP contribution in [0.5, 0.6) is 0 Å². The minimum Gasteiger partial charge on any atom is -0.395 e. The van der Waals surface area contributed by atoms with E-state index in [0.717, 1.165) is 77.0 Å². The average Bonchev–Trinajstić information content (AvgIpc) is 3.16. The van der Waals surface area contributed by atoms with Gasteiger partial charge in [-0.05, 0) is 89.8 Å². The Bertz CT molecular complexity index is 812. The molecule has 0 heterocycles. The Kier molecular flexibility index (Phi) is 37.5. The second kappa shape index (κ2) is 39.3. The van der Waals surface area contributed by atoms with E-state index in [2.05, 4.69) is 49.2 Å². The molecule has 1 aliphatic carbocycles. The lowest BCUT2D eigenvalue weighted by atomic mass is 9.85. The standard InChI is InChI=1S/C47H93NO5Si/c1-4-5-6-7-8-9-10-11-12-13-14-17-20-23-31-38-47(53-54(2,3)52-45-34-26-24-32-39-48(40-42-49)41-43-50)51-44-33-25-21-18-15-16-19-22-28-35-46-36-29-27-30-37-46/h8-9,11-12,46-47,49-50H,4-7,10,13-45H2,1-3H3/b9-8-,12-11-. The first-order valence-electron chi connectivity index (χ1n) is 23.7. The largest absolute Gasteiger partial charge is 0.395 e. The van der Waals surface area contributed by atoms with E-state index in [-0.39, 0.29) is 19.5 Å². The van der Waals surface area contributed by atoms with Gasteiger partial charge in [0.2, 0.25) is 0 Å². The van der Waals surface area contributed by atoms with E-state index in [9.17, 15) is 10.2 Å². The Morgan fingerprint density at radius 3 is 1.76 bits per heavy atom. The Balaban J connectivity index is 2.27. The molecule has 0 radical (unpaired) electrons. The first-order chi connectivity index (χ1) is 26.5. The molecule has 2 N–H and O–H groups in total. The van der Waals surface area contributed by atoms with Crippen LogP contribution in [0.25, 0.3) is 0 Å². The van der Waals surface area contributed by atoms with Crippen molar-refractivity contribution in [1.82, 2.24) is 4.90 Å². The number of nitrogens with zero attached hydrogens (tertiary/aromatic N) is 1. The van der Waals surface area contributed by atoms with Gasteiger partial charge in [0.15, 0.2) is 0 Å². The van der Waals surface area contributed by atoms with Gasteiger partial charge >= 0.3 is 8.56 Å². The number of hydrogen-bond acceptors (Lipinski definition) is 6. The number of aliphatic hydroxyl groups excluding tert-OH is 2. The molecule has 54 heavy (non-hydrogen) atoms. The lowest BCUT2D eigenvalue weighted by Gasteiger charge is -2.29. The lowest BCUT2D eigenvalue weighted by Crippen LogP contribution is -2.40. The summed E-state index contributed by atoms with van der Waals surface area (Å²) in [5.41, 5.74) is 0. The number of rotatable bonds is 41. The van der Waals surface area contributed by atoms with Gasteiger partial charge in [-0.2, -0.15) is 0 Å². The van der Waals surface area contributed by atoms with Crippen molar-refractivity contribution >= 4 is 8.56 Å². The summed E-state index contributed by atoms with van der Waals surface area (Å²) >= 11 is 0. The molecule has 0 spiro atoms. The molecule has 1 rings (SSSR count). The maximum atomic E-state index is 9.22. The van der Waals surface area contributed by atoms with Crippen molar-refractivity contribution in [3.8, 4) is 0 Å². The fraction of sp³-hybridized carbons (Fsp3) is 0.915. The lowest BCUT2D eigenvalue weighted by molar-refractivity contribution is -0.104. The molecule has 0 aromatic carbocycles. The molecule has 0 amide bonds. The van der Waals surface area contributed by atoms with Gasteiger partial charge in [0.05, 0.1) is 13.2 Å². The Morgan fingerprint density at radius 2 is 1.13 bits per heavy atom. The summed E-state index contributed by atoms with van der Waals surface area (Å²) in [5.74, 6) is 1.05. The summed E-state index contributed by atoms with van der Waals surface area (Å²) in [6, 6.07) is 0. The predicted octanol–water partition coefficient (Wildman–Crippen LogP) is 13.2. The average molecular weight is 780 g/mol. The maximum absolute atomic E-state index is 9.22. The van der Waals surface area contributed by atoms with Crippen LogP contribution in [0.2, 0.25) is 13.1 Å². The zero-order chi connectivity index (χ0) is 39.1. The van der Waals surface area contributed by atoms with E-state index in [0.29, 0.717) is 13.1 Å². The number of aliphatic hydroxyl groups is 2. The molecule has 7 heteroatoms. The molecule has 1 saturated carbocycles. The van der Waals surface area contributed by atoms with Crippen LogP contribution in [0, 0.1) is 5.92 Å². The zero-order valence-electron chi connectivity index (χ0n) is 36.4. The van der Waals surface area contributed by atoms with Crippen molar-refractivity contribution in [2.45, 2.75) is 225 Å². The van der Waals surface area contributed by atoms with E-state index < -0.39 is 8.56 Å². The number of hydrogen-bond donors (Lipinski definition) is 2. The normalized spacial score (nSPS) is 15.1. The first-order valence-corrected chi connectivity index (χ1v) is 26.5. The molecule has 1 unspecified atom stereocenters. The van der Waals surface area contributed by atoms with E-state index in [1.165, 1.54) is 148 Å². The fourth-order valence-electron chi connectivity index (χ4n) is 7.84. The number of ether oxygens (including phenoxy) is 1. The highest BCUT2D eigenvalue weighted by molar-refractivity contribution is 6.64. The van der Waals surface area contributed by atoms with Crippen LogP contribution in [0.3, 0.4) is 0 Å². The van der Waals surface area contributed by atoms with Crippen LogP contribution in [0.4, 0.5) is 0 Å². The van der Waals surface area contributed by atoms with E-state index in [4.69, 9.17) is 13.6 Å². The Morgan fingerprint density at radius 1 is 0.593 bits per heavy atom. The van der Waals surface area contributed by atoms with E-state index in [1.807, 2.05) is 0 Å². The van der Waals surface area contributed by atoms with Crippen LogP contribution in [-0.4, -0.2) is 76.0 Å². The third-order valence-electron chi connectivity index (χ3n) is 11.2. The summed E-state index contributed by atoms with van der Waals surface area (Å²) in [4.78, 5) is 2.13. The molecule has 0 aromatic rings. The molecule has 320 valence electrons. The molecule has 0 bridgehead atoms. The molecule has 6 nitrogen and oxygen atoms in total. The van der Waals surface area contributed by atoms with Crippen LogP contribution in [0.1, 0.15) is 206 Å². The second-order valence-corrected chi connectivity index (χ2v) is 20.2. The van der Waals surface area contributed by atoms with Crippen molar-refractivity contribution in [2.75, 3.05) is 46.1 Å². The third-order valence-corrected chi connectivity index (χ3v) is 13.0. The van der Waals surface area contributed by atoms with Gasteiger partial charge in [0.1, 0.15) is 6.29 Å². The minimum absolute atomic E-state index is 0.147. The number of unbranched alkanes of at least 4 members (excludes halogenated alkanes) is 19. The van der Waals surface area contributed by atoms with Crippen LogP contribution in [-0.2, 0) is 13.6 Å². The monoisotopic (exact) mass is 780 g/mol. The van der Waals surface area contributed by atoms with Gasteiger partial charge in [0.25, 0.3) is 0 Å². The molecular formula is C47H93NO5Si. The Labute approximate surface area is 337 Å². The van der Waals surface area contributed by atoms with Crippen LogP contribution >= 0.6 is 0 Å². The summed E-state index contributed by atoms with van der Waals surface area (Å²) in [6.45, 7) is 10.7. The molecule has 0 saturated heterocycles. The van der Waals surface area contributed by atoms with E-state index in [1.54, 1.807) is 0 Å². The fourth-order valence-corrected chi connectivity index (χ4v) is 9.36. The minimum atomic E-state index is -2.29. The topological polar surface area (TPSA) is 71.4 Å². The summed E-state index contributed by atoms with van der Waals surface area (Å²) in [6.07, 6.45) is 49.5. The zero-order valence-corrected chi connectivity index (χ0v) is 37.4. The molecule has 1 aliphatic rings. The van der Waals surface area contributed by atoms with Gasteiger partial charge in [-0.15, -0.1) is 0 Å². The van der Waals surface area contributed by atoms with Gasteiger partial charge in [-0.3, -0.25) is 4.90 Å². The second-order valence-electron chi connectivity index (χ2n) is 16.9. The van der Waals surface area contributed by atoms with Crippen molar-refractivity contribution in [3.05, 3.63) is 24.3 Å². The Hall–Kier alpha value is -0.543. The SMILES string of the molecule is CCCCC/C=C\C/C=C\CCCCCCCC(OCCCCCCCCCCCC1CCCCC1)O[Si](C)(C)OCCCCCCN(CCO)CCO. The van der Waals surface area contributed by atoms with Gasteiger partial charge < -0.3 is 23.8 Å². The van der Waals surface area contributed by atoms with Crippen molar-refractivity contribution < 1.29 is 23.8 Å². The highest BCUT2D eigenvalue weighted by Crippen LogP contribution is 2.28. The first kappa shape index (κ1) is 51.5.